The molecule has 1 aliphatic rings. The summed E-state index contributed by atoms with van der Waals surface area (Å²) in [5.74, 6) is 0.162. The van der Waals surface area contributed by atoms with Crippen molar-refractivity contribution in [2.24, 2.45) is 0 Å². The van der Waals surface area contributed by atoms with Gasteiger partial charge >= 0.3 is 0 Å². The van der Waals surface area contributed by atoms with Crippen LogP contribution in [0.3, 0.4) is 0 Å². The Morgan fingerprint density at radius 1 is 1.33 bits per heavy atom. The minimum Gasteiger partial charge on any atom is -0.352 e. The average molecular weight is 328 g/mol. The molecule has 1 N–H and O–H groups in total. The van der Waals surface area contributed by atoms with Crippen LogP contribution in [-0.4, -0.2) is 17.2 Å². The molecule has 1 saturated carbocycles. The first-order valence-electron chi connectivity index (χ1n) is 6.38. The van der Waals surface area contributed by atoms with Gasteiger partial charge in [-0.25, -0.2) is 0 Å². The Morgan fingerprint density at radius 2 is 1.94 bits per heavy atom. The van der Waals surface area contributed by atoms with E-state index in [1.165, 1.54) is 12.8 Å². The number of thioether (sulfide) groups is 1. The molecule has 0 aromatic heterocycles. The Bertz CT molecular complexity index is 401. The molecular formula is C14H18BrNOS. The lowest BCUT2D eigenvalue weighted by atomic mass is 10.2. The average Bonchev–Trinajstić information content (AvgIpc) is 2.85. The van der Waals surface area contributed by atoms with Crippen LogP contribution in [0.2, 0.25) is 0 Å². The Labute approximate surface area is 121 Å². The maximum Gasteiger partial charge on any atom is 0.233 e. The second kappa shape index (κ2) is 6.62. The largest absolute Gasteiger partial charge is 0.352 e. The highest BCUT2D eigenvalue weighted by molar-refractivity contribution is 9.10. The van der Waals surface area contributed by atoms with Crippen molar-refractivity contribution in [3.63, 3.8) is 0 Å². The Kier molecular flexibility index (Phi) is 5.13. The molecule has 1 aromatic rings. The van der Waals surface area contributed by atoms with Crippen molar-refractivity contribution < 1.29 is 4.79 Å². The number of carbonyl (C=O) groups excluding carboxylic acids is 1. The molecule has 0 saturated heterocycles. The Balaban J connectivity index is 1.84. The summed E-state index contributed by atoms with van der Waals surface area (Å²) >= 11 is 5.02. The van der Waals surface area contributed by atoms with Crippen LogP contribution >= 0.6 is 27.7 Å². The predicted molar refractivity (Wildman–Crippen MR) is 79.9 cm³/mol. The lowest BCUT2D eigenvalue weighted by Crippen LogP contribution is -2.37. The molecule has 0 bridgehead atoms. The van der Waals surface area contributed by atoms with E-state index in [1.54, 1.807) is 11.8 Å². The van der Waals surface area contributed by atoms with E-state index in [-0.39, 0.29) is 11.2 Å². The van der Waals surface area contributed by atoms with E-state index in [0.717, 1.165) is 22.2 Å². The van der Waals surface area contributed by atoms with Gasteiger partial charge in [0, 0.05) is 15.4 Å². The van der Waals surface area contributed by atoms with Crippen LogP contribution in [0.4, 0.5) is 0 Å². The summed E-state index contributed by atoms with van der Waals surface area (Å²) < 4.78 is 1.06. The van der Waals surface area contributed by atoms with Crippen molar-refractivity contribution in [3.8, 4) is 0 Å². The number of benzene rings is 1. The molecule has 1 unspecified atom stereocenters. The zero-order valence-corrected chi connectivity index (χ0v) is 12.9. The summed E-state index contributed by atoms with van der Waals surface area (Å²) in [6.45, 7) is 1.97. The maximum atomic E-state index is 12.0. The van der Waals surface area contributed by atoms with Gasteiger partial charge in [0.25, 0.3) is 0 Å². The number of carbonyl (C=O) groups is 1. The normalized spacial score (nSPS) is 17.7. The molecule has 0 radical (unpaired) electrons. The number of nitrogens with one attached hydrogen (secondary N) is 1. The maximum absolute atomic E-state index is 12.0. The molecule has 0 aliphatic heterocycles. The third-order valence-corrected chi connectivity index (χ3v) is 4.84. The number of halogens is 1. The third kappa shape index (κ3) is 4.02. The molecule has 1 atom stereocenters. The van der Waals surface area contributed by atoms with Gasteiger partial charge in [0.05, 0.1) is 5.25 Å². The zero-order chi connectivity index (χ0) is 13.0. The smallest absolute Gasteiger partial charge is 0.233 e. The molecule has 4 heteroatoms. The molecular weight excluding hydrogens is 310 g/mol. The van der Waals surface area contributed by atoms with E-state index in [1.807, 2.05) is 31.2 Å². The highest BCUT2D eigenvalue weighted by atomic mass is 79.9. The summed E-state index contributed by atoms with van der Waals surface area (Å²) in [7, 11) is 0. The molecule has 1 aromatic carbocycles. The topological polar surface area (TPSA) is 29.1 Å². The molecule has 0 heterocycles. The minimum atomic E-state index is -0.0354. The summed E-state index contributed by atoms with van der Waals surface area (Å²) in [5, 5.41) is 3.11. The first-order valence-corrected chi connectivity index (χ1v) is 8.05. The molecule has 2 rings (SSSR count). The van der Waals surface area contributed by atoms with Gasteiger partial charge in [-0.05, 0) is 44.0 Å². The highest BCUT2D eigenvalue weighted by Crippen LogP contribution is 2.25. The van der Waals surface area contributed by atoms with E-state index in [2.05, 4.69) is 21.2 Å². The number of rotatable bonds is 4. The summed E-state index contributed by atoms with van der Waals surface area (Å²) in [6, 6.07) is 8.49. The van der Waals surface area contributed by atoms with E-state index in [0.29, 0.717) is 6.04 Å². The fourth-order valence-electron chi connectivity index (χ4n) is 2.16. The van der Waals surface area contributed by atoms with E-state index < -0.39 is 0 Å². The first-order chi connectivity index (χ1) is 8.65. The Hall–Kier alpha value is -0.480. The molecule has 0 spiro atoms. The molecule has 18 heavy (non-hydrogen) atoms. The summed E-state index contributed by atoms with van der Waals surface area (Å²) in [4.78, 5) is 13.2. The third-order valence-electron chi connectivity index (χ3n) is 3.20. The summed E-state index contributed by atoms with van der Waals surface area (Å²) in [6.07, 6.45) is 4.78. The van der Waals surface area contributed by atoms with Gasteiger partial charge in [-0.3, -0.25) is 4.79 Å². The lowest BCUT2D eigenvalue weighted by molar-refractivity contribution is -0.120. The van der Waals surface area contributed by atoms with Gasteiger partial charge in [0.1, 0.15) is 0 Å². The Morgan fingerprint density at radius 3 is 2.56 bits per heavy atom. The van der Waals surface area contributed by atoms with Crippen molar-refractivity contribution in [1.82, 2.24) is 5.32 Å². The summed E-state index contributed by atoms with van der Waals surface area (Å²) in [5.41, 5.74) is 0. The molecule has 1 amide bonds. The molecule has 2 nitrogen and oxygen atoms in total. The molecule has 1 aliphatic carbocycles. The number of hydrogen-bond acceptors (Lipinski definition) is 2. The van der Waals surface area contributed by atoms with Crippen molar-refractivity contribution in [1.29, 1.82) is 0 Å². The van der Waals surface area contributed by atoms with Gasteiger partial charge < -0.3 is 5.32 Å². The number of amides is 1. The fraction of sp³-hybridized carbons (Fsp3) is 0.500. The predicted octanol–water partition coefficient (Wildman–Crippen LogP) is 3.99. The SMILES string of the molecule is CC(Sc1ccc(Br)cc1)C(=O)NC1CCCC1. The molecule has 98 valence electrons. The van der Waals surface area contributed by atoms with E-state index >= 15 is 0 Å². The van der Waals surface area contributed by atoms with Crippen LogP contribution in [0.15, 0.2) is 33.6 Å². The van der Waals surface area contributed by atoms with Crippen LogP contribution in [-0.2, 0) is 4.79 Å². The highest BCUT2D eigenvalue weighted by Gasteiger charge is 2.21. The van der Waals surface area contributed by atoms with Crippen LogP contribution < -0.4 is 5.32 Å². The molecule has 1 fully saturated rings. The van der Waals surface area contributed by atoms with Crippen molar-refractivity contribution in [2.45, 2.75) is 48.8 Å². The fourth-order valence-corrected chi connectivity index (χ4v) is 3.30. The monoisotopic (exact) mass is 327 g/mol. The van der Waals surface area contributed by atoms with E-state index in [4.69, 9.17) is 0 Å². The first kappa shape index (κ1) is 13.9. The van der Waals surface area contributed by atoms with Crippen LogP contribution in [0.1, 0.15) is 32.6 Å². The van der Waals surface area contributed by atoms with E-state index in [9.17, 15) is 4.79 Å². The minimum absolute atomic E-state index is 0.0354. The quantitative estimate of drug-likeness (QED) is 0.847. The van der Waals surface area contributed by atoms with Gasteiger partial charge in [0.2, 0.25) is 5.91 Å². The zero-order valence-electron chi connectivity index (χ0n) is 10.5. The van der Waals surface area contributed by atoms with Gasteiger partial charge in [-0.15, -0.1) is 11.8 Å². The van der Waals surface area contributed by atoms with Crippen LogP contribution in [0, 0.1) is 0 Å². The van der Waals surface area contributed by atoms with Crippen molar-refractivity contribution in [2.75, 3.05) is 0 Å². The lowest BCUT2D eigenvalue weighted by Gasteiger charge is -2.16. The second-order valence-corrected chi connectivity index (χ2v) is 7.03. The second-order valence-electron chi connectivity index (χ2n) is 4.70. The van der Waals surface area contributed by atoms with Crippen molar-refractivity contribution in [3.05, 3.63) is 28.7 Å². The van der Waals surface area contributed by atoms with Crippen LogP contribution in [0.5, 0.6) is 0 Å². The van der Waals surface area contributed by atoms with Gasteiger partial charge in [-0.1, -0.05) is 28.8 Å². The van der Waals surface area contributed by atoms with Crippen molar-refractivity contribution >= 4 is 33.6 Å². The standard InChI is InChI=1S/C14H18BrNOS/c1-10(14(17)16-12-4-2-3-5-12)18-13-8-6-11(15)7-9-13/h6-10,12H,2-5H2,1H3,(H,16,17). The van der Waals surface area contributed by atoms with Gasteiger partial charge in [-0.2, -0.15) is 0 Å². The van der Waals surface area contributed by atoms with Gasteiger partial charge in [0.15, 0.2) is 0 Å². The number of hydrogen-bond donors (Lipinski definition) is 1. The van der Waals surface area contributed by atoms with Crippen LogP contribution in [0.25, 0.3) is 0 Å².